The summed E-state index contributed by atoms with van der Waals surface area (Å²) in [4.78, 5) is 14.9. The maximum atomic E-state index is 12.8. The third-order valence-corrected chi connectivity index (χ3v) is 7.21. The molecule has 1 saturated heterocycles. The van der Waals surface area contributed by atoms with Crippen LogP contribution in [0.25, 0.3) is 0 Å². The van der Waals surface area contributed by atoms with Crippen molar-refractivity contribution in [1.29, 1.82) is 0 Å². The number of carbonyl (C=O) groups excluding carboxylic acids is 1. The van der Waals surface area contributed by atoms with Gasteiger partial charge in [0.25, 0.3) is 0 Å². The number of nitrogens with zero attached hydrogens (tertiary/aromatic N) is 3. The van der Waals surface area contributed by atoms with Gasteiger partial charge in [-0.3, -0.25) is 4.79 Å². The number of carbonyl (C=O) groups is 1. The summed E-state index contributed by atoms with van der Waals surface area (Å²) >= 11 is 0. The first-order chi connectivity index (χ1) is 12.5. The number of anilines is 1. The monoisotopic (exact) mass is 373 g/mol. The van der Waals surface area contributed by atoms with Crippen molar-refractivity contribution >= 4 is 21.5 Å². The second-order valence-corrected chi connectivity index (χ2v) is 8.94. The fraction of sp³-hybridized carbons (Fsp3) is 0.421. The van der Waals surface area contributed by atoms with E-state index in [1.54, 1.807) is 16.4 Å². The Morgan fingerprint density at radius 1 is 1.12 bits per heavy atom. The molecule has 0 N–H and O–H groups in total. The van der Waals surface area contributed by atoms with Gasteiger partial charge >= 0.3 is 0 Å². The van der Waals surface area contributed by atoms with E-state index in [2.05, 4.69) is 0 Å². The molecule has 7 heteroatoms. The lowest BCUT2D eigenvalue weighted by Crippen LogP contribution is -2.30. The molecule has 1 aromatic carbocycles. The molecule has 0 saturated carbocycles. The van der Waals surface area contributed by atoms with Crippen LogP contribution in [0.4, 0.5) is 5.69 Å². The Balaban J connectivity index is 1.60. The van der Waals surface area contributed by atoms with E-state index in [-0.39, 0.29) is 12.3 Å². The number of hydrogen-bond acceptors (Lipinski definition) is 4. The lowest BCUT2D eigenvalue weighted by molar-refractivity contribution is 0.0992. The fourth-order valence-electron chi connectivity index (χ4n) is 3.83. The van der Waals surface area contributed by atoms with Crippen molar-refractivity contribution in [3.63, 3.8) is 0 Å². The van der Waals surface area contributed by atoms with E-state index >= 15 is 0 Å². The van der Waals surface area contributed by atoms with E-state index in [4.69, 9.17) is 0 Å². The van der Waals surface area contributed by atoms with Gasteiger partial charge in [-0.25, -0.2) is 8.42 Å². The molecule has 2 aliphatic heterocycles. The van der Waals surface area contributed by atoms with E-state index in [0.29, 0.717) is 23.7 Å². The van der Waals surface area contributed by atoms with Gasteiger partial charge in [-0.1, -0.05) is 6.07 Å². The van der Waals surface area contributed by atoms with Crippen LogP contribution in [-0.4, -0.2) is 49.3 Å². The molecule has 1 fully saturated rings. The molecule has 0 spiro atoms. The summed E-state index contributed by atoms with van der Waals surface area (Å²) in [6.07, 6.45) is 4.52. The van der Waals surface area contributed by atoms with E-state index in [9.17, 15) is 13.2 Å². The van der Waals surface area contributed by atoms with Crippen molar-refractivity contribution in [1.82, 2.24) is 8.87 Å². The maximum Gasteiger partial charge on any atom is 0.243 e. The first-order valence-corrected chi connectivity index (χ1v) is 10.4. The Labute approximate surface area is 154 Å². The summed E-state index contributed by atoms with van der Waals surface area (Å²) < 4.78 is 29.0. The van der Waals surface area contributed by atoms with Crippen LogP contribution in [0, 0.1) is 0 Å². The van der Waals surface area contributed by atoms with Crippen molar-refractivity contribution in [3.05, 3.63) is 47.8 Å². The lowest BCUT2D eigenvalue weighted by Gasteiger charge is -2.21. The molecule has 0 atom stereocenters. The summed E-state index contributed by atoms with van der Waals surface area (Å²) in [5, 5.41) is 0. The summed E-state index contributed by atoms with van der Waals surface area (Å²) in [5.41, 5.74) is 2.64. The van der Waals surface area contributed by atoms with Crippen LogP contribution < -0.4 is 4.90 Å². The zero-order valence-electron chi connectivity index (χ0n) is 14.9. The standard InChI is InChI=1S/C19H23N3O3S/c1-20-9-4-5-17(20)19(23)14-21-12-8-15-6-7-16(13-18(15)21)26(24,25)22-10-2-3-11-22/h4-7,9,13H,2-3,8,10-12,14H2,1H3. The van der Waals surface area contributed by atoms with Crippen LogP contribution in [0.2, 0.25) is 0 Å². The summed E-state index contributed by atoms with van der Waals surface area (Å²) in [6.45, 7) is 2.18. The normalized spacial score (nSPS) is 17.7. The lowest BCUT2D eigenvalue weighted by atomic mass is 10.2. The van der Waals surface area contributed by atoms with Crippen molar-refractivity contribution in [3.8, 4) is 0 Å². The fourth-order valence-corrected chi connectivity index (χ4v) is 5.37. The van der Waals surface area contributed by atoms with Gasteiger partial charge in [0.1, 0.15) is 0 Å². The average molecular weight is 373 g/mol. The molecule has 26 heavy (non-hydrogen) atoms. The van der Waals surface area contributed by atoms with Crippen molar-refractivity contribution in [2.24, 2.45) is 7.05 Å². The number of aromatic nitrogens is 1. The smallest absolute Gasteiger partial charge is 0.243 e. The quantitative estimate of drug-likeness (QED) is 0.753. The van der Waals surface area contributed by atoms with Crippen LogP contribution in [-0.2, 0) is 23.5 Å². The molecule has 1 aromatic heterocycles. The van der Waals surface area contributed by atoms with E-state index < -0.39 is 10.0 Å². The topological polar surface area (TPSA) is 62.6 Å². The number of aryl methyl sites for hydroxylation is 1. The van der Waals surface area contributed by atoms with Gasteiger partial charge in [0.2, 0.25) is 10.0 Å². The third kappa shape index (κ3) is 2.95. The van der Waals surface area contributed by atoms with Gasteiger partial charge in [-0.15, -0.1) is 0 Å². The molecule has 0 aliphatic carbocycles. The molecule has 4 rings (SSSR count). The number of ketones is 1. The minimum absolute atomic E-state index is 0.0400. The SMILES string of the molecule is Cn1cccc1C(=O)CN1CCc2ccc(S(=O)(=O)N3CCCC3)cc21. The molecule has 2 aliphatic rings. The van der Waals surface area contributed by atoms with Gasteiger partial charge in [0.15, 0.2) is 5.78 Å². The molecule has 2 aromatic rings. The largest absolute Gasteiger partial charge is 0.363 e. The number of Topliss-reactive ketones (excluding diaryl/α,β-unsaturated/α-hetero) is 1. The number of rotatable bonds is 5. The first-order valence-electron chi connectivity index (χ1n) is 8.99. The predicted molar refractivity (Wildman–Crippen MR) is 100 cm³/mol. The van der Waals surface area contributed by atoms with Crippen molar-refractivity contribution in [2.75, 3.05) is 31.1 Å². The Morgan fingerprint density at radius 2 is 1.88 bits per heavy atom. The van der Waals surface area contributed by atoms with Crippen LogP contribution >= 0.6 is 0 Å². The highest BCUT2D eigenvalue weighted by atomic mass is 32.2. The molecule has 0 unspecified atom stereocenters. The number of hydrogen-bond donors (Lipinski definition) is 0. The molecule has 0 bridgehead atoms. The molecule has 6 nitrogen and oxygen atoms in total. The van der Waals surface area contributed by atoms with Gasteiger partial charge in [-0.05, 0) is 49.1 Å². The molecular weight excluding hydrogens is 350 g/mol. The Hall–Kier alpha value is -2.12. The second kappa shape index (κ2) is 6.55. The van der Waals surface area contributed by atoms with Crippen molar-refractivity contribution in [2.45, 2.75) is 24.2 Å². The van der Waals surface area contributed by atoms with Gasteiger partial charge in [0.05, 0.1) is 17.1 Å². The maximum absolute atomic E-state index is 12.8. The van der Waals surface area contributed by atoms with Crippen LogP contribution in [0.1, 0.15) is 28.9 Å². The van der Waals surface area contributed by atoms with Crippen molar-refractivity contribution < 1.29 is 13.2 Å². The first kappa shape index (κ1) is 17.3. The number of fused-ring (bicyclic) bond motifs is 1. The Kier molecular flexibility index (Phi) is 4.36. The molecular formula is C19H23N3O3S. The highest BCUT2D eigenvalue weighted by Crippen LogP contribution is 2.32. The summed E-state index contributed by atoms with van der Waals surface area (Å²) in [6, 6.07) is 9.01. The Bertz CT molecular complexity index is 943. The molecule has 0 radical (unpaired) electrons. The van der Waals surface area contributed by atoms with E-state index in [1.807, 2.05) is 40.9 Å². The third-order valence-electron chi connectivity index (χ3n) is 5.32. The number of sulfonamides is 1. The number of benzene rings is 1. The zero-order valence-corrected chi connectivity index (χ0v) is 15.7. The van der Waals surface area contributed by atoms with Gasteiger partial charge < -0.3 is 9.47 Å². The summed E-state index contributed by atoms with van der Waals surface area (Å²) in [7, 11) is -1.59. The molecule has 3 heterocycles. The highest BCUT2D eigenvalue weighted by Gasteiger charge is 2.30. The minimum atomic E-state index is -3.44. The minimum Gasteiger partial charge on any atom is -0.363 e. The highest BCUT2D eigenvalue weighted by molar-refractivity contribution is 7.89. The van der Waals surface area contributed by atoms with Gasteiger partial charge in [-0.2, -0.15) is 4.31 Å². The average Bonchev–Trinajstić information content (AvgIpc) is 3.35. The predicted octanol–water partition coefficient (Wildman–Crippen LogP) is 2.05. The summed E-state index contributed by atoms with van der Waals surface area (Å²) in [5.74, 6) is 0.0400. The zero-order chi connectivity index (χ0) is 18.3. The Morgan fingerprint density at radius 3 is 2.58 bits per heavy atom. The van der Waals surface area contributed by atoms with Crippen LogP contribution in [0.3, 0.4) is 0 Å². The van der Waals surface area contributed by atoms with E-state index in [0.717, 1.165) is 37.1 Å². The van der Waals surface area contributed by atoms with Crippen LogP contribution in [0.15, 0.2) is 41.4 Å². The molecule has 0 amide bonds. The second-order valence-electron chi connectivity index (χ2n) is 7.00. The van der Waals surface area contributed by atoms with Crippen LogP contribution in [0.5, 0.6) is 0 Å². The van der Waals surface area contributed by atoms with Gasteiger partial charge in [0, 0.05) is 38.6 Å². The molecule has 138 valence electrons. The van der Waals surface area contributed by atoms with E-state index in [1.165, 1.54) is 0 Å².